The zero-order valence-electron chi connectivity index (χ0n) is 8.31. The lowest BCUT2D eigenvalue weighted by atomic mass is 10.2. The summed E-state index contributed by atoms with van der Waals surface area (Å²) in [5.74, 6) is 0. The first kappa shape index (κ1) is 12.2. The summed E-state index contributed by atoms with van der Waals surface area (Å²) in [7, 11) is 0. The van der Waals surface area contributed by atoms with E-state index in [4.69, 9.17) is 16.0 Å². The third-order valence-corrected chi connectivity index (χ3v) is 1.76. The van der Waals surface area contributed by atoms with Gasteiger partial charge in [0.2, 0.25) is 0 Å². The van der Waals surface area contributed by atoms with E-state index in [9.17, 15) is 0 Å². The lowest BCUT2D eigenvalue weighted by Gasteiger charge is -2.12. The molecule has 0 rings (SSSR count). The summed E-state index contributed by atoms with van der Waals surface area (Å²) >= 11 is 0. The van der Waals surface area contributed by atoms with Gasteiger partial charge >= 0.3 is 0 Å². The second kappa shape index (κ2) is 7.86. The van der Waals surface area contributed by atoms with Crippen molar-refractivity contribution >= 4 is 0 Å². The maximum Gasteiger partial charge on any atom is 0.0559 e. The molecule has 0 bridgehead atoms. The Morgan fingerprint density at radius 2 is 2.15 bits per heavy atom. The van der Waals surface area contributed by atoms with Gasteiger partial charge in [0.1, 0.15) is 0 Å². The van der Waals surface area contributed by atoms with Crippen LogP contribution in [0.4, 0.5) is 0 Å². The summed E-state index contributed by atoms with van der Waals surface area (Å²) in [6, 6.07) is 0.00933. The molecule has 2 unspecified atom stereocenters. The quantitative estimate of drug-likeness (QED) is 0.373. The van der Waals surface area contributed by atoms with Crippen molar-refractivity contribution in [3.8, 4) is 0 Å². The summed E-state index contributed by atoms with van der Waals surface area (Å²) < 4.78 is 5.44. The predicted octanol–water partition coefficient (Wildman–Crippen LogP) is 1.83. The van der Waals surface area contributed by atoms with Crippen LogP contribution in [0, 0.1) is 0 Å². The van der Waals surface area contributed by atoms with Crippen LogP contribution in [0.25, 0.3) is 10.4 Å². The average molecular weight is 186 g/mol. The van der Waals surface area contributed by atoms with Crippen molar-refractivity contribution in [3.05, 3.63) is 10.4 Å². The van der Waals surface area contributed by atoms with E-state index in [1.807, 2.05) is 13.8 Å². The SMILES string of the molecule is CC(CCOC(C)CCN)N=[N+]=[N-]. The Morgan fingerprint density at radius 3 is 2.69 bits per heavy atom. The van der Waals surface area contributed by atoms with Crippen LogP contribution in [0.2, 0.25) is 0 Å². The van der Waals surface area contributed by atoms with Gasteiger partial charge in [-0.2, -0.15) is 0 Å². The minimum absolute atomic E-state index is 0.00933. The number of nitrogens with two attached hydrogens (primary N) is 1. The fourth-order valence-corrected chi connectivity index (χ4v) is 0.904. The third-order valence-electron chi connectivity index (χ3n) is 1.76. The number of ether oxygens (including phenoxy) is 1. The zero-order valence-corrected chi connectivity index (χ0v) is 8.31. The zero-order chi connectivity index (χ0) is 10.1. The molecule has 0 aliphatic heterocycles. The van der Waals surface area contributed by atoms with Gasteiger partial charge in [-0.05, 0) is 31.8 Å². The monoisotopic (exact) mass is 186 g/mol. The molecule has 0 saturated carbocycles. The number of hydrogen-bond acceptors (Lipinski definition) is 3. The maximum atomic E-state index is 8.13. The summed E-state index contributed by atoms with van der Waals surface area (Å²) in [4.78, 5) is 2.72. The van der Waals surface area contributed by atoms with E-state index >= 15 is 0 Å². The number of rotatable bonds is 7. The van der Waals surface area contributed by atoms with E-state index in [0.29, 0.717) is 13.2 Å². The van der Waals surface area contributed by atoms with Crippen molar-refractivity contribution in [2.75, 3.05) is 13.2 Å². The molecule has 0 aliphatic carbocycles. The van der Waals surface area contributed by atoms with E-state index < -0.39 is 0 Å². The van der Waals surface area contributed by atoms with E-state index in [0.717, 1.165) is 12.8 Å². The molecule has 13 heavy (non-hydrogen) atoms. The van der Waals surface area contributed by atoms with Crippen LogP contribution < -0.4 is 5.73 Å². The second-order valence-corrected chi connectivity index (χ2v) is 3.10. The molecule has 0 aromatic rings. The van der Waals surface area contributed by atoms with Crippen LogP contribution >= 0.6 is 0 Å². The minimum atomic E-state index is 0.00933. The van der Waals surface area contributed by atoms with E-state index in [-0.39, 0.29) is 12.1 Å². The molecule has 0 amide bonds. The molecule has 0 saturated heterocycles. The Morgan fingerprint density at radius 1 is 1.46 bits per heavy atom. The first-order valence-corrected chi connectivity index (χ1v) is 4.56. The van der Waals surface area contributed by atoms with Crippen LogP contribution in [0.1, 0.15) is 26.7 Å². The largest absolute Gasteiger partial charge is 0.378 e. The summed E-state index contributed by atoms with van der Waals surface area (Å²) in [5.41, 5.74) is 13.5. The van der Waals surface area contributed by atoms with Gasteiger partial charge in [0.25, 0.3) is 0 Å². The smallest absolute Gasteiger partial charge is 0.0559 e. The van der Waals surface area contributed by atoms with Crippen molar-refractivity contribution < 1.29 is 4.74 Å². The van der Waals surface area contributed by atoms with Gasteiger partial charge < -0.3 is 10.5 Å². The van der Waals surface area contributed by atoms with Crippen LogP contribution in [0.5, 0.6) is 0 Å². The molecule has 0 spiro atoms. The fraction of sp³-hybridized carbons (Fsp3) is 1.00. The molecule has 0 radical (unpaired) electrons. The van der Waals surface area contributed by atoms with Crippen molar-refractivity contribution in [1.82, 2.24) is 0 Å². The van der Waals surface area contributed by atoms with Gasteiger partial charge in [0.15, 0.2) is 0 Å². The maximum absolute atomic E-state index is 8.13. The van der Waals surface area contributed by atoms with E-state index in [1.54, 1.807) is 0 Å². The van der Waals surface area contributed by atoms with Crippen LogP contribution in [-0.2, 0) is 4.74 Å². The Labute approximate surface area is 78.9 Å². The first-order valence-electron chi connectivity index (χ1n) is 4.56. The molecule has 76 valence electrons. The van der Waals surface area contributed by atoms with Crippen LogP contribution in [0.3, 0.4) is 0 Å². The Kier molecular flexibility index (Phi) is 7.39. The van der Waals surface area contributed by atoms with Gasteiger partial charge in [-0.25, -0.2) is 0 Å². The van der Waals surface area contributed by atoms with E-state index in [1.165, 1.54) is 0 Å². The molecule has 2 atom stereocenters. The highest BCUT2D eigenvalue weighted by atomic mass is 16.5. The highest BCUT2D eigenvalue weighted by Crippen LogP contribution is 2.01. The first-order chi connectivity index (χ1) is 6.20. The molecule has 5 heteroatoms. The molecule has 0 heterocycles. The summed E-state index contributed by atoms with van der Waals surface area (Å²) in [6.07, 6.45) is 1.83. The molecule has 0 fully saturated rings. The molecule has 5 nitrogen and oxygen atoms in total. The fourth-order valence-electron chi connectivity index (χ4n) is 0.904. The number of hydrogen-bond donors (Lipinski definition) is 1. The lowest BCUT2D eigenvalue weighted by Crippen LogP contribution is -2.16. The molecule has 0 aromatic heterocycles. The standard InChI is InChI=1S/C8H18N4O/c1-7(11-12-10)4-6-13-8(2)3-5-9/h7-8H,3-6,9H2,1-2H3. The molecule has 0 aromatic carbocycles. The van der Waals surface area contributed by atoms with E-state index in [2.05, 4.69) is 10.0 Å². The van der Waals surface area contributed by atoms with Crippen LogP contribution in [-0.4, -0.2) is 25.3 Å². The van der Waals surface area contributed by atoms with Crippen molar-refractivity contribution in [2.24, 2.45) is 10.8 Å². The van der Waals surface area contributed by atoms with Gasteiger partial charge in [-0.1, -0.05) is 12.0 Å². The molecule has 0 aliphatic rings. The summed E-state index contributed by atoms with van der Waals surface area (Å²) in [6.45, 7) is 5.14. The van der Waals surface area contributed by atoms with Crippen LogP contribution in [0.15, 0.2) is 5.11 Å². The average Bonchev–Trinajstić information content (AvgIpc) is 2.05. The van der Waals surface area contributed by atoms with Gasteiger partial charge in [0, 0.05) is 17.6 Å². The number of azide groups is 1. The Balaban J connectivity index is 3.38. The highest BCUT2D eigenvalue weighted by Gasteiger charge is 2.02. The van der Waals surface area contributed by atoms with Crippen molar-refractivity contribution in [1.29, 1.82) is 0 Å². The predicted molar refractivity (Wildman–Crippen MR) is 52.3 cm³/mol. The number of nitrogens with zero attached hydrogens (tertiary/aromatic N) is 3. The van der Waals surface area contributed by atoms with Crippen molar-refractivity contribution in [3.63, 3.8) is 0 Å². The Hall–Kier alpha value is -0.770. The molecular formula is C8H18N4O. The third kappa shape index (κ3) is 7.59. The molecular weight excluding hydrogens is 168 g/mol. The minimum Gasteiger partial charge on any atom is -0.378 e. The summed E-state index contributed by atoms with van der Waals surface area (Å²) in [5, 5.41) is 3.54. The van der Waals surface area contributed by atoms with Gasteiger partial charge in [-0.3, -0.25) is 0 Å². The highest BCUT2D eigenvalue weighted by molar-refractivity contribution is 4.60. The van der Waals surface area contributed by atoms with Gasteiger partial charge in [-0.15, -0.1) is 0 Å². The normalized spacial score (nSPS) is 14.7. The Bertz CT molecular complexity index is 168. The lowest BCUT2D eigenvalue weighted by molar-refractivity contribution is 0.0581. The van der Waals surface area contributed by atoms with Crippen molar-refractivity contribution in [2.45, 2.75) is 38.8 Å². The topological polar surface area (TPSA) is 84.0 Å². The second-order valence-electron chi connectivity index (χ2n) is 3.10. The molecule has 2 N–H and O–H groups in total. The van der Waals surface area contributed by atoms with Gasteiger partial charge in [0.05, 0.1) is 6.10 Å².